The Balaban J connectivity index is 2.26. The molecule has 1 fully saturated rings. The molecule has 0 amide bonds. The summed E-state index contributed by atoms with van der Waals surface area (Å²) in [4.78, 5) is 0. The maximum absolute atomic E-state index is 12.1. The second kappa shape index (κ2) is 8.19. The van der Waals surface area contributed by atoms with E-state index in [0.717, 1.165) is 38.8 Å². The Labute approximate surface area is 118 Å². The van der Waals surface area contributed by atoms with Crippen LogP contribution in [0.2, 0.25) is 0 Å². The summed E-state index contributed by atoms with van der Waals surface area (Å²) in [6.07, 6.45) is 5.47. The molecular weight excluding hydrogens is 262 g/mol. The van der Waals surface area contributed by atoms with E-state index in [1.54, 1.807) is 7.05 Å². The molecule has 0 saturated heterocycles. The lowest BCUT2D eigenvalue weighted by molar-refractivity contribution is 0.257. The van der Waals surface area contributed by atoms with Gasteiger partial charge in [0.15, 0.2) is 0 Å². The molecule has 1 rings (SSSR count). The van der Waals surface area contributed by atoms with Crippen molar-refractivity contribution in [3.63, 3.8) is 0 Å². The van der Waals surface area contributed by atoms with Crippen molar-refractivity contribution in [2.45, 2.75) is 52.0 Å². The van der Waals surface area contributed by atoms with Crippen LogP contribution in [0.1, 0.15) is 46.0 Å². The Morgan fingerprint density at radius 2 is 2.00 bits per heavy atom. The van der Waals surface area contributed by atoms with Crippen molar-refractivity contribution in [2.24, 2.45) is 5.92 Å². The molecule has 0 aromatic rings. The van der Waals surface area contributed by atoms with Crippen LogP contribution >= 0.6 is 0 Å². The van der Waals surface area contributed by atoms with Gasteiger partial charge in [-0.25, -0.2) is 0 Å². The molecule has 114 valence electrons. The van der Waals surface area contributed by atoms with Crippen molar-refractivity contribution in [1.29, 1.82) is 0 Å². The van der Waals surface area contributed by atoms with E-state index >= 15 is 0 Å². The van der Waals surface area contributed by atoms with Gasteiger partial charge in [-0.2, -0.15) is 17.4 Å². The minimum absolute atomic E-state index is 0.0550. The van der Waals surface area contributed by atoms with Crippen LogP contribution in [0.25, 0.3) is 0 Å². The molecule has 0 aromatic heterocycles. The van der Waals surface area contributed by atoms with E-state index < -0.39 is 10.2 Å². The third-order valence-electron chi connectivity index (χ3n) is 3.86. The van der Waals surface area contributed by atoms with Crippen LogP contribution < -0.4 is 10.0 Å². The molecule has 0 bridgehead atoms. The van der Waals surface area contributed by atoms with E-state index in [9.17, 15) is 8.42 Å². The van der Waals surface area contributed by atoms with Crippen LogP contribution in [-0.4, -0.2) is 45.4 Å². The topological polar surface area (TPSA) is 61.4 Å². The van der Waals surface area contributed by atoms with E-state index in [0.29, 0.717) is 12.5 Å². The molecule has 19 heavy (non-hydrogen) atoms. The van der Waals surface area contributed by atoms with Crippen molar-refractivity contribution in [3.05, 3.63) is 0 Å². The highest BCUT2D eigenvalue weighted by molar-refractivity contribution is 7.87. The minimum Gasteiger partial charge on any atom is -0.317 e. The average Bonchev–Trinajstić information content (AvgIpc) is 2.25. The van der Waals surface area contributed by atoms with Crippen LogP contribution in [-0.2, 0) is 10.2 Å². The monoisotopic (exact) mass is 291 g/mol. The van der Waals surface area contributed by atoms with Gasteiger partial charge in [-0.15, -0.1) is 0 Å². The van der Waals surface area contributed by atoms with E-state index in [1.165, 1.54) is 10.7 Å². The predicted molar refractivity (Wildman–Crippen MR) is 79.3 cm³/mol. The van der Waals surface area contributed by atoms with Crippen LogP contribution in [0.3, 0.4) is 0 Å². The first kappa shape index (κ1) is 16.9. The zero-order valence-electron chi connectivity index (χ0n) is 12.5. The molecule has 0 heterocycles. The molecule has 0 aliphatic heterocycles. The first-order chi connectivity index (χ1) is 8.97. The Morgan fingerprint density at radius 3 is 2.53 bits per heavy atom. The summed E-state index contributed by atoms with van der Waals surface area (Å²) in [5.74, 6) is 0.523. The lowest BCUT2D eigenvalue weighted by Gasteiger charge is -2.32. The number of nitrogens with one attached hydrogen (secondary N) is 2. The smallest absolute Gasteiger partial charge is 0.279 e. The molecule has 1 aliphatic carbocycles. The maximum atomic E-state index is 12.1. The largest absolute Gasteiger partial charge is 0.317 e. The first-order valence-electron chi connectivity index (χ1n) is 7.41. The normalized spacial score (nSPS) is 18.5. The molecule has 1 aliphatic rings. The molecule has 1 atom stereocenters. The van der Waals surface area contributed by atoms with Gasteiger partial charge in [0.2, 0.25) is 0 Å². The Morgan fingerprint density at radius 1 is 1.32 bits per heavy atom. The van der Waals surface area contributed by atoms with Gasteiger partial charge >= 0.3 is 0 Å². The SMILES string of the molecule is CCCNCCCN(C)S(=O)(=O)NC(C)C1CCC1. The Kier molecular flexibility index (Phi) is 7.28. The summed E-state index contributed by atoms with van der Waals surface area (Å²) < 4.78 is 28.4. The van der Waals surface area contributed by atoms with Crippen molar-refractivity contribution in [3.8, 4) is 0 Å². The van der Waals surface area contributed by atoms with Gasteiger partial charge in [0, 0.05) is 19.6 Å². The van der Waals surface area contributed by atoms with Gasteiger partial charge < -0.3 is 5.32 Å². The third kappa shape index (κ3) is 5.77. The number of hydrogen-bond acceptors (Lipinski definition) is 3. The summed E-state index contributed by atoms with van der Waals surface area (Å²) in [5.41, 5.74) is 0. The highest BCUT2D eigenvalue weighted by atomic mass is 32.2. The molecule has 0 aromatic carbocycles. The fourth-order valence-electron chi connectivity index (χ4n) is 2.21. The van der Waals surface area contributed by atoms with Gasteiger partial charge in [0.1, 0.15) is 0 Å². The second-order valence-corrected chi connectivity index (χ2v) is 7.34. The summed E-state index contributed by atoms with van der Waals surface area (Å²) in [5, 5.41) is 3.28. The standard InChI is InChI=1S/C13H29N3O2S/c1-4-9-14-10-6-11-16(3)19(17,18)15-12(2)13-7-5-8-13/h12-15H,4-11H2,1-3H3. The first-order valence-corrected chi connectivity index (χ1v) is 8.85. The molecule has 6 heteroatoms. The highest BCUT2D eigenvalue weighted by Gasteiger charge is 2.28. The summed E-state index contributed by atoms with van der Waals surface area (Å²) in [6, 6.07) is 0.0550. The van der Waals surface area contributed by atoms with Gasteiger partial charge in [-0.05, 0) is 51.6 Å². The fourth-order valence-corrected chi connectivity index (χ4v) is 3.42. The van der Waals surface area contributed by atoms with Crippen molar-refractivity contribution >= 4 is 10.2 Å². The summed E-state index contributed by atoms with van der Waals surface area (Å²) in [6.45, 7) is 6.51. The van der Waals surface area contributed by atoms with Gasteiger partial charge in [0.05, 0.1) is 0 Å². The number of hydrogen-bond donors (Lipinski definition) is 2. The second-order valence-electron chi connectivity index (χ2n) is 5.53. The lowest BCUT2D eigenvalue weighted by atomic mass is 9.81. The molecule has 2 N–H and O–H groups in total. The minimum atomic E-state index is -3.32. The summed E-state index contributed by atoms with van der Waals surface area (Å²) in [7, 11) is -1.67. The quantitative estimate of drug-likeness (QED) is 0.597. The number of nitrogens with zero attached hydrogens (tertiary/aromatic N) is 1. The molecular formula is C13H29N3O2S. The zero-order chi connectivity index (χ0) is 14.3. The van der Waals surface area contributed by atoms with Crippen LogP contribution in [0.4, 0.5) is 0 Å². The molecule has 1 saturated carbocycles. The van der Waals surface area contributed by atoms with Gasteiger partial charge in [-0.3, -0.25) is 0 Å². The molecule has 0 spiro atoms. The molecule has 1 unspecified atom stereocenters. The summed E-state index contributed by atoms with van der Waals surface area (Å²) >= 11 is 0. The van der Waals surface area contributed by atoms with Crippen molar-refractivity contribution in [1.82, 2.24) is 14.3 Å². The van der Waals surface area contributed by atoms with Crippen LogP contribution in [0, 0.1) is 5.92 Å². The van der Waals surface area contributed by atoms with E-state index in [4.69, 9.17) is 0 Å². The van der Waals surface area contributed by atoms with Crippen LogP contribution in [0.15, 0.2) is 0 Å². The lowest BCUT2D eigenvalue weighted by Crippen LogP contribution is -2.47. The molecule has 5 nitrogen and oxygen atoms in total. The Hall–Kier alpha value is -0.170. The fraction of sp³-hybridized carbons (Fsp3) is 1.00. The Bertz CT molecular complexity index is 342. The van der Waals surface area contributed by atoms with Crippen molar-refractivity contribution in [2.75, 3.05) is 26.7 Å². The van der Waals surface area contributed by atoms with Gasteiger partial charge in [-0.1, -0.05) is 13.3 Å². The van der Waals surface area contributed by atoms with E-state index in [1.807, 2.05) is 6.92 Å². The maximum Gasteiger partial charge on any atom is 0.279 e. The van der Waals surface area contributed by atoms with Crippen molar-refractivity contribution < 1.29 is 8.42 Å². The predicted octanol–water partition coefficient (Wildman–Crippen LogP) is 1.33. The van der Waals surface area contributed by atoms with E-state index in [2.05, 4.69) is 17.0 Å². The average molecular weight is 291 g/mol. The number of rotatable bonds is 10. The molecule has 0 radical (unpaired) electrons. The highest BCUT2D eigenvalue weighted by Crippen LogP contribution is 2.29. The van der Waals surface area contributed by atoms with Gasteiger partial charge in [0.25, 0.3) is 10.2 Å². The zero-order valence-corrected chi connectivity index (χ0v) is 13.3. The third-order valence-corrected chi connectivity index (χ3v) is 5.53. The van der Waals surface area contributed by atoms with Crippen LogP contribution in [0.5, 0.6) is 0 Å². The van der Waals surface area contributed by atoms with E-state index in [-0.39, 0.29) is 6.04 Å².